The molecule has 0 radical (unpaired) electrons. The summed E-state index contributed by atoms with van der Waals surface area (Å²) in [6, 6.07) is 7.57. The molecule has 0 spiro atoms. The standard InChI is InChI=1S/C14H16BrN3O3S2/c1-18-13(8-21-11-4-2-10(15)3-5-11)16-17-14(18)22-12-6-7-23(19,20)9-12/h2-5,12H,6-9H2,1H3. The lowest BCUT2D eigenvalue weighted by atomic mass is 10.3. The first kappa shape index (κ1) is 16.8. The van der Waals surface area contributed by atoms with Crippen molar-refractivity contribution in [3.63, 3.8) is 0 Å². The molecule has 0 saturated carbocycles. The van der Waals surface area contributed by atoms with Crippen LogP contribution in [0.3, 0.4) is 0 Å². The highest BCUT2D eigenvalue weighted by molar-refractivity contribution is 9.10. The number of aromatic nitrogens is 3. The van der Waals surface area contributed by atoms with Gasteiger partial charge >= 0.3 is 0 Å². The third-order valence-electron chi connectivity index (χ3n) is 3.57. The lowest BCUT2D eigenvalue weighted by Gasteiger charge is -2.08. The van der Waals surface area contributed by atoms with Gasteiger partial charge in [0.15, 0.2) is 20.8 Å². The molecule has 0 bridgehead atoms. The minimum absolute atomic E-state index is 0.0585. The normalized spacial score (nSPS) is 19.8. The molecule has 9 heteroatoms. The van der Waals surface area contributed by atoms with Crippen molar-refractivity contribution >= 4 is 37.5 Å². The summed E-state index contributed by atoms with van der Waals surface area (Å²) in [5, 5.41) is 9.06. The molecule has 1 aromatic carbocycles. The molecule has 1 fully saturated rings. The molecule has 1 unspecified atom stereocenters. The van der Waals surface area contributed by atoms with Crippen LogP contribution in [0.2, 0.25) is 0 Å². The van der Waals surface area contributed by atoms with Gasteiger partial charge in [0.2, 0.25) is 0 Å². The Hall–Kier alpha value is -1.06. The van der Waals surface area contributed by atoms with Crippen LogP contribution in [0.1, 0.15) is 12.2 Å². The summed E-state index contributed by atoms with van der Waals surface area (Å²) in [5.41, 5.74) is 0. The lowest BCUT2D eigenvalue weighted by Crippen LogP contribution is -2.08. The van der Waals surface area contributed by atoms with E-state index >= 15 is 0 Å². The van der Waals surface area contributed by atoms with E-state index in [0.717, 1.165) is 15.4 Å². The predicted molar refractivity (Wildman–Crippen MR) is 92.4 cm³/mol. The van der Waals surface area contributed by atoms with Gasteiger partial charge in [-0.2, -0.15) is 0 Å². The lowest BCUT2D eigenvalue weighted by molar-refractivity contribution is 0.290. The zero-order valence-electron chi connectivity index (χ0n) is 12.5. The molecule has 2 aromatic rings. The molecule has 6 nitrogen and oxygen atoms in total. The van der Waals surface area contributed by atoms with E-state index in [2.05, 4.69) is 26.1 Å². The minimum atomic E-state index is -2.88. The first-order valence-corrected chi connectivity index (χ1v) is 10.6. The fourth-order valence-corrected chi connectivity index (χ4v) is 5.99. The van der Waals surface area contributed by atoms with E-state index in [1.807, 2.05) is 35.9 Å². The number of thioether (sulfide) groups is 1. The maximum absolute atomic E-state index is 11.5. The second kappa shape index (κ2) is 6.82. The zero-order valence-corrected chi connectivity index (χ0v) is 15.7. The summed E-state index contributed by atoms with van der Waals surface area (Å²) in [6.45, 7) is 0.314. The number of sulfone groups is 1. The van der Waals surface area contributed by atoms with E-state index in [1.54, 1.807) is 0 Å². The second-order valence-corrected chi connectivity index (χ2v) is 9.76. The largest absolute Gasteiger partial charge is 0.486 e. The molecule has 1 saturated heterocycles. The third-order valence-corrected chi connectivity index (χ3v) is 7.38. The molecule has 0 aliphatic carbocycles. The number of ether oxygens (including phenoxy) is 1. The van der Waals surface area contributed by atoms with E-state index in [0.29, 0.717) is 18.9 Å². The Morgan fingerprint density at radius 1 is 1.35 bits per heavy atom. The van der Waals surface area contributed by atoms with Crippen molar-refractivity contribution in [2.24, 2.45) is 7.05 Å². The van der Waals surface area contributed by atoms with Gasteiger partial charge in [-0.05, 0) is 30.7 Å². The van der Waals surface area contributed by atoms with E-state index in [-0.39, 0.29) is 16.8 Å². The van der Waals surface area contributed by atoms with E-state index in [1.165, 1.54) is 11.8 Å². The van der Waals surface area contributed by atoms with Gasteiger partial charge < -0.3 is 9.30 Å². The van der Waals surface area contributed by atoms with Crippen molar-refractivity contribution in [3.05, 3.63) is 34.6 Å². The molecule has 124 valence electrons. The van der Waals surface area contributed by atoms with Gasteiger partial charge in [-0.15, -0.1) is 10.2 Å². The highest BCUT2D eigenvalue weighted by Gasteiger charge is 2.30. The Balaban J connectivity index is 1.61. The van der Waals surface area contributed by atoms with Gasteiger partial charge in [0.1, 0.15) is 12.4 Å². The summed E-state index contributed by atoms with van der Waals surface area (Å²) >= 11 is 4.85. The molecule has 1 aromatic heterocycles. The zero-order chi connectivity index (χ0) is 16.4. The molecule has 3 rings (SSSR count). The van der Waals surface area contributed by atoms with Crippen molar-refractivity contribution < 1.29 is 13.2 Å². The van der Waals surface area contributed by atoms with E-state index < -0.39 is 9.84 Å². The number of halogens is 1. The molecule has 2 heterocycles. The number of rotatable bonds is 5. The summed E-state index contributed by atoms with van der Waals surface area (Å²) in [4.78, 5) is 0. The summed E-state index contributed by atoms with van der Waals surface area (Å²) in [6.07, 6.45) is 0.671. The molecular weight excluding hydrogens is 402 g/mol. The average Bonchev–Trinajstić information content (AvgIpc) is 3.02. The van der Waals surface area contributed by atoms with Crippen molar-refractivity contribution in [1.29, 1.82) is 0 Å². The highest BCUT2D eigenvalue weighted by Crippen LogP contribution is 2.29. The fraction of sp³-hybridized carbons (Fsp3) is 0.429. The molecule has 0 N–H and O–H groups in total. The van der Waals surface area contributed by atoms with Crippen LogP contribution in [-0.2, 0) is 23.5 Å². The van der Waals surface area contributed by atoms with Crippen LogP contribution in [0.5, 0.6) is 5.75 Å². The number of benzene rings is 1. The van der Waals surface area contributed by atoms with Crippen LogP contribution in [0.25, 0.3) is 0 Å². The Kier molecular flexibility index (Phi) is 4.98. The van der Waals surface area contributed by atoms with Gasteiger partial charge in [0.25, 0.3) is 0 Å². The molecular formula is C14H16BrN3O3S2. The Morgan fingerprint density at radius 2 is 2.09 bits per heavy atom. The summed E-state index contributed by atoms with van der Waals surface area (Å²) in [5.74, 6) is 1.95. The monoisotopic (exact) mass is 417 g/mol. The number of hydrogen-bond donors (Lipinski definition) is 0. The molecule has 1 aliphatic heterocycles. The van der Waals surface area contributed by atoms with Gasteiger partial charge in [-0.1, -0.05) is 27.7 Å². The molecule has 1 atom stereocenters. The van der Waals surface area contributed by atoms with Crippen molar-refractivity contribution in [1.82, 2.24) is 14.8 Å². The average molecular weight is 418 g/mol. The van der Waals surface area contributed by atoms with E-state index in [4.69, 9.17) is 4.74 Å². The predicted octanol–water partition coefficient (Wildman–Crippen LogP) is 2.44. The van der Waals surface area contributed by atoms with Gasteiger partial charge in [-0.25, -0.2) is 8.42 Å². The van der Waals surface area contributed by atoms with Crippen LogP contribution in [0.15, 0.2) is 33.9 Å². The Bertz CT molecular complexity index is 790. The summed E-state index contributed by atoms with van der Waals surface area (Å²) < 4.78 is 31.6. The summed E-state index contributed by atoms with van der Waals surface area (Å²) in [7, 11) is -1.01. The molecule has 23 heavy (non-hydrogen) atoms. The van der Waals surface area contributed by atoms with Gasteiger partial charge in [0, 0.05) is 16.8 Å². The van der Waals surface area contributed by atoms with Crippen molar-refractivity contribution in [2.75, 3.05) is 11.5 Å². The fourth-order valence-electron chi connectivity index (χ4n) is 2.25. The van der Waals surface area contributed by atoms with Crippen LogP contribution >= 0.6 is 27.7 Å². The van der Waals surface area contributed by atoms with Crippen LogP contribution in [0, 0.1) is 0 Å². The molecule has 1 aliphatic rings. The maximum atomic E-state index is 11.5. The minimum Gasteiger partial charge on any atom is -0.486 e. The number of nitrogens with zero attached hydrogens (tertiary/aromatic N) is 3. The van der Waals surface area contributed by atoms with Gasteiger partial charge in [0.05, 0.1) is 11.5 Å². The number of hydrogen-bond acceptors (Lipinski definition) is 6. The smallest absolute Gasteiger partial charge is 0.191 e. The van der Waals surface area contributed by atoms with Crippen LogP contribution in [0.4, 0.5) is 0 Å². The SMILES string of the molecule is Cn1c(COc2ccc(Br)cc2)nnc1SC1CCS(=O)(=O)C1. The molecule has 0 amide bonds. The highest BCUT2D eigenvalue weighted by atomic mass is 79.9. The van der Waals surface area contributed by atoms with Crippen molar-refractivity contribution in [3.8, 4) is 5.75 Å². The quantitative estimate of drug-likeness (QED) is 0.743. The maximum Gasteiger partial charge on any atom is 0.191 e. The second-order valence-electron chi connectivity index (χ2n) is 5.34. The van der Waals surface area contributed by atoms with Crippen molar-refractivity contribution in [2.45, 2.75) is 23.4 Å². The topological polar surface area (TPSA) is 74.1 Å². The third kappa shape index (κ3) is 4.27. The van der Waals surface area contributed by atoms with Crippen LogP contribution in [-0.4, -0.2) is 39.9 Å². The first-order valence-electron chi connectivity index (χ1n) is 7.07. The Morgan fingerprint density at radius 3 is 2.74 bits per heavy atom. The first-order chi connectivity index (χ1) is 10.9. The van der Waals surface area contributed by atoms with Crippen LogP contribution < -0.4 is 4.74 Å². The van der Waals surface area contributed by atoms with Gasteiger partial charge in [-0.3, -0.25) is 0 Å². The van der Waals surface area contributed by atoms with E-state index in [9.17, 15) is 8.42 Å². The Labute approximate surface area is 147 Å².